The normalized spacial score (nSPS) is 18.1. The lowest BCUT2D eigenvalue weighted by atomic mass is 9.95. The van der Waals surface area contributed by atoms with Gasteiger partial charge in [0, 0.05) is 17.3 Å². The lowest BCUT2D eigenvalue weighted by Gasteiger charge is -2.26. The summed E-state index contributed by atoms with van der Waals surface area (Å²) < 4.78 is 42.0. The quantitative estimate of drug-likeness (QED) is 0.344. The number of amides is 1. The molecule has 0 bridgehead atoms. The zero-order valence-corrected chi connectivity index (χ0v) is 16.4. The van der Waals surface area contributed by atoms with Crippen LogP contribution in [0.3, 0.4) is 0 Å². The summed E-state index contributed by atoms with van der Waals surface area (Å²) in [5.74, 6) is -2.82. The summed E-state index contributed by atoms with van der Waals surface area (Å²) in [6.45, 7) is 0. The molecule has 1 atom stereocenters. The van der Waals surface area contributed by atoms with Gasteiger partial charge in [-0.15, -0.1) is 13.2 Å². The Morgan fingerprint density at radius 3 is 2.12 bits per heavy atom. The maximum Gasteiger partial charge on any atom is 0.573 e. The van der Waals surface area contributed by atoms with E-state index in [1.165, 1.54) is 12.1 Å². The van der Waals surface area contributed by atoms with E-state index in [0.717, 1.165) is 17.0 Å². The average molecular weight is 439 g/mol. The molecule has 1 unspecified atom stereocenters. The number of carbonyl (C=O) groups excluding carboxylic acids is 2. The number of alkyl halides is 3. The largest absolute Gasteiger partial charge is 0.573 e. The summed E-state index contributed by atoms with van der Waals surface area (Å²) in [5, 5.41) is 10.9. The van der Waals surface area contributed by atoms with Crippen LogP contribution in [-0.2, 0) is 9.59 Å². The number of aliphatic hydroxyl groups excluding tert-OH is 1. The predicted octanol–water partition coefficient (Wildman–Crippen LogP) is 5.21. The first-order valence-electron chi connectivity index (χ1n) is 9.53. The third-order valence-electron chi connectivity index (χ3n) is 4.94. The molecule has 8 heteroatoms. The van der Waals surface area contributed by atoms with Crippen molar-refractivity contribution in [1.82, 2.24) is 0 Å². The molecule has 0 spiro atoms. The number of ether oxygens (including phenoxy) is 1. The van der Waals surface area contributed by atoms with Gasteiger partial charge >= 0.3 is 6.36 Å². The lowest BCUT2D eigenvalue weighted by Crippen LogP contribution is -2.29. The van der Waals surface area contributed by atoms with E-state index < -0.39 is 29.8 Å². The topological polar surface area (TPSA) is 66.8 Å². The molecule has 32 heavy (non-hydrogen) atoms. The van der Waals surface area contributed by atoms with Gasteiger partial charge in [0.15, 0.2) is 0 Å². The van der Waals surface area contributed by atoms with Gasteiger partial charge in [-0.1, -0.05) is 66.7 Å². The Morgan fingerprint density at radius 2 is 1.50 bits per heavy atom. The van der Waals surface area contributed by atoms with E-state index in [9.17, 15) is 27.9 Å². The van der Waals surface area contributed by atoms with Crippen molar-refractivity contribution in [3.63, 3.8) is 0 Å². The summed E-state index contributed by atoms with van der Waals surface area (Å²) >= 11 is 0. The molecule has 0 aromatic heterocycles. The molecule has 1 aliphatic heterocycles. The highest BCUT2D eigenvalue weighted by Crippen LogP contribution is 2.43. The SMILES string of the molecule is O=C1C(=O)N(c2cccc(OC(F)(F)F)c2)C(c2ccccc2)/C1=C(\O)c1ccccc1. The van der Waals surface area contributed by atoms with Gasteiger partial charge in [0.1, 0.15) is 11.5 Å². The molecule has 1 amide bonds. The Kier molecular flexibility index (Phi) is 5.44. The zero-order valence-electron chi connectivity index (χ0n) is 16.4. The number of halogens is 3. The van der Waals surface area contributed by atoms with Crippen LogP contribution in [0.5, 0.6) is 5.75 Å². The first kappa shape index (κ1) is 21.2. The van der Waals surface area contributed by atoms with Crippen LogP contribution in [0.15, 0.2) is 90.5 Å². The van der Waals surface area contributed by atoms with E-state index in [1.54, 1.807) is 60.7 Å². The number of hydrogen-bond acceptors (Lipinski definition) is 4. The summed E-state index contributed by atoms with van der Waals surface area (Å²) in [6.07, 6.45) is -4.92. The standard InChI is InChI=1S/C24H16F3NO4/c25-24(26,27)32-18-13-7-12-17(14-18)28-20(15-8-3-1-4-9-15)19(22(30)23(28)31)21(29)16-10-5-2-6-11-16/h1-14,20,29H/b21-19+. The van der Waals surface area contributed by atoms with E-state index in [4.69, 9.17) is 0 Å². The van der Waals surface area contributed by atoms with E-state index in [2.05, 4.69) is 4.74 Å². The van der Waals surface area contributed by atoms with E-state index >= 15 is 0 Å². The van der Waals surface area contributed by atoms with E-state index in [0.29, 0.717) is 11.1 Å². The van der Waals surface area contributed by atoms with Crippen molar-refractivity contribution < 1.29 is 32.6 Å². The maximum atomic E-state index is 13.0. The Labute approximate surface area is 181 Å². The van der Waals surface area contributed by atoms with Crippen molar-refractivity contribution in [2.24, 2.45) is 0 Å². The molecular formula is C24H16F3NO4. The van der Waals surface area contributed by atoms with Crippen molar-refractivity contribution in [3.8, 4) is 5.75 Å². The third-order valence-corrected chi connectivity index (χ3v) is 4.94. The van der Waals surface area contributed by atoms with Gasteiger partial charge in [0.25, 0.3) is 11.7 Å². The number of rotatable bonds is 4. The van der Waals surface area contributed by atoms with Crippen molar-refractivity contribution in [2.45, 2.75) is 12.4 Å². The van der Waals surface area contributed by atoms with Crippen molar-refractivity contribution in [3.05, 3.63) is 102 Å². The monoisotopic (exact) mass is 439 g/mol. The Balaban J connectivity index is 1.88. The molecule has 1 fully saturated rings. The number of anilines is 1. The number of nitrogens with zero attached hydrogens (tertiary/aromatic N) is 1. The van der Waals surface area contributed by atoms with Gasteiger partial charge in [-0.05, 0) is 17.7 Å². The fraction of sp³-hybridized carbons (Fsp3) is 0.0833. The molecule has 162 valence electrons. The van der Waals surface area contributed by atoms with Crippen molar-refractivity contribution in [2.75, 3.05) is 4.90 Å². The van der Waals surface area contributed by atoms with Gasteiger partial charge in [-0.3, -0.25) is 14.5 Å². The van der Waals surface area contributed by atoms with E-state index in [-0.39, 0.29) is 17.0 Å². The molecule has 3 aromatic carbocycles. The molecule has 0 aliphatic carbocycles. The minimum atomic E-state index is -4.92. The first-order chi connectivity index (χ1) is 15.3. The van der Waals surface area contributed by atoms with Gasteiger partial charge in [-0.2, -0.15) is 0 Å². The zero-order chi connectivity index (χ0) is 22.9. The average Bonchev–Trinajstić information content (AvgIpc) is 3.04. The lowest BCUT2D eigenvalue weighted by molar-refractivity contribution is -0.274. The number of hydrogen-bond donors (Lipinski definition) is 1. The summed E-state index contributed by atoms with van der Waals surface area (Å²) in [5.41, 5.74) is 0.705. The van der Waals surface area contributed by atoms with Crippen LogP contribution >= 0.6 is 0 Å². The van der Waals surface area contributed by atoms with Crippen LogP contribution in [0.2, 0.25) is 0 Å². The highest BCUT2D eigenvalue weighted by molar-refractivity contribution is 6.51. The van der Waals surface area contributed by atoms with Crippen LogP contribution in [0, 0.1) is 0 Å². The maximum absolute atomic E-state index is 13.0. The van der Waals surface area contributed by atoms with Crippen molar-refractivity contribution >= 4 is 23.1 Å². The minimum Gasteiger partial charge on any atom is -0.507 e. The summed E-state index contributed by atoms with van der Waals surface area (Å²) in [4.78, 5) is 27.0. The van der Waals surface area contributed by atoms with Gasteiger partial charge in [0.05, 0.1) is 11.6 Å². The smallest absolute Gasteiger partial charge is 0.507 e. The van der Waals surface area contributed by atoms with Crippen LogP contribution in [0.1, 0.15) is 17.2 Å². The molecule has 4 rings (SSSR count). The second-order valence-corrected chi connectivity index (χ2v) is 6.99. The third kappa shape index (κ3) is 4.07. The highest BCUT2D eigenvalue weighted by Gasteiger charge is 2.47. The number of ketones is 1. The van der Waals surface area contributed by atoms with E-state index in [1.807, 2.05) is 0 Å². The minimum absolute atomic E-state index is 0.0230. The molecule has 3 aromatic rings. The number of benzene rings is 3. The molecular weight excluding hydrogens is 423 g/mol. The van der Waals surface area contributed by atoms with Crippen LogP contribution in [-0.4, -0.2) is 23.2 Å². The van der Waals surface area contributed by atoms with Crippen molar-refractivity contribution in [1.29, 1.82) is 0 Å². The highest BCUT2D eigenvalue weighted by atomic mass is 19.4. The Bertz CT molecular complexity index is 1190. The fourth-order valence-electron chi connectivity index (χ4n) is 3.63. The second-order valence-electron chi connectivity index (χ2n) is 6.99. The first-order valence-corrected chi connectivity index (χ1v) is 9.53. The fourth-order valence-corrected chi connectivity index (χ4v) is 3.63. The molecule has 0 saturated carbocycles. The van der Waals surface area contributed by atoms with Crippen LogP contribution in [0.25, 0.3) is 5.76 Å². The summed E-state index contributed by atoms with van der Waals surface area (Å²) in [6, 6.07) is 20.5. The molecule has 1 N–H and O–H groups in total. The van der Waals surface area contributed by atoms with Gasteiger partial charge in [-0.25, -0.2) is 0 Å². The molecule has 0 radical (unpaired) electrons. The van der Waals surface area contributed by atoms with Crippen LogP contribution < -0.4 is 9.64 Å². The van der Waals surface area contributed by atoms with Gasteiger partial charge in [0.2, 0.25) is 0 Å². The number of aliphatic hydroxyl groups is 1. The second kappa shape index (κ2) is 8.22. The molecule has 1 aliphatic rings. The number of carbonyl (C=O) groups is 2. The predicted molar refractivity (Wildman–Crippen MR) is 111 cm³/mol. The summed E-state index contributed by atoms with van der Waals surface area (Å²) in [7, 11) is 0. The molecule has 1 heterocycles. The Morgan fingerprint density at radius 1 is 0.875 bits per heavy atom. The van der Waals surface area contributed by atoms with Gasteiger partial charge < -0.3 is 9.84 Å². The Hall–Kier alpha value is -4.07. The molecule has 5 nitrogen and oxygen atoms in total. The molecule has 1 saturated heterocycles. The van der Waals surface area contributed by atoms with Crippen LogP contribution in [0.4, 0.5) is 18.9 Å². The number of Topliss-reactive ketones (excluding diaryl/α,β-unsaturated/α-hetero) is 1.